The minimum absolute atomic E-state index is 0.0533. The van der Waals surface area contributed by atoms with E-state index in [0.717, 1.165) is 17.1 Å². The smallest absolute Gasteiger partial charge is 0.161 e. The third-order valence-corrected chi connectivity index (χ3v) is 3.35. The molecule has 0 aliphatic carbocycles. The van der Waals surface area contributed by atoms with Gasteiger partial charge < -0.3 is 15.2 Å². The van der Waals surface area contributed by atoms with Crippen molar-refractivity contribution in [2.45, 2.75) is 25.0 Å². The van der Waals surface area contributed by atoms with Crippen LogP contribution in [0.1, 0.15) is 18.5 Å². The van der Waals surface area contributed by atoms with Gasteiger partial charge in [-0.25, -0.2) is 5.43 Å². The van der Waals surface area contributed by atoms with Crippen molar-refractivity contribution in [3.8, 4) is 11.5 Å². The van der Waals surface area contributed by atoms with E-state index in [0.29, 0.717) is 13.2 Å². The van der Waals surface area contributed by atoms with Gasteiger partial charge in [0, 0.05) is 12.1 Å². The van der Waals surface area contributed by atoms with Crippen molar-refractivity contribution >= 4 is 0 Å². The fourth-order valence-corrected chi connectivity index (χ4v) is 2.26. The first-order valence-corrected chi connectivity index (χ1v) is 5.92. The molecule has 0 bridgehead atoms. The third kappa shape index (κ3) is 1.86. The summed E-state index contributed by atoms with van der Waals surface area (Å²) < 4.78 is 11.1. The van der Waals surface area contributed by atoms with Crippen LogP contribution in [0.3, 0.4) is 0 Å². The maximum atomic E-state index is 6.13. The van der Waals surface area contributed by atoms with Gasteiger partial charge >= 0.3 is 0 Å². The molecule has 0 spiro atoms. The lowest BCUT2D eigenvalue weighted by Crippen LogP contribution is -2.35. The first-order chi connectivity index (χ1) is 8.25. The first kappa shape index (κ1) is 10.8. The zero-order valence-electron chi connectivity index (χ0n) is 9.77. The Morgan fingerprint density at radius 3 is 2.65 bits per heavy atom. The third-order valence-electron chi connectivity index (χ3n) is 3.35. The monoisotopic (exact) mass is 235 g/mol. The summed E-state index contributed by atoms with van der Waals surface area (Å²) in [6, 6.07) is 6.41. The number of hydrazine groups is 1. The van der Waals surface area contributed by atoms with Crippen LogP contribution in [0.25, 0.3) is 0 Å². The second kappa shape index (κ2) is 4.18. The average Bonchev–Trinajstić information content (AvgIpc) is 2.70. The highest BCUT2D eigenvalue weighted by molar-refractivity contribution is 5.45. The van der Waals surface area contributed by atoms with E-state index in [-0.39, 0.29) is 18.1 Å². The van der Waals surface area contributed by atoms with Gasteiger partial charge in [-0.05, 0) is 24.6 Å². The van der Waals surface area contributed by atoms with Crippen molar-refractivity contribution in [2.24, 2.45) is 5.73 Å². The summed E-state index contributed by atoms with van der Waals surface area (Å²) in [5, 5.41) is 0. The molecule has 0 radical (unpaired) electrons. The molecule has 1 aromatic carbocycles. The molecule has 2 aliphatic rings. The fourth-order valence-electron chi connectivity index (χ4n) is 2.26. The SMILES string of the molecule is CC1NNC(c2ccc3c(c2)OCCO3)C1N. The van der Waals surface area contributed by atoms with E-state index in [1.807, 2.05) is 18.2 Å². The normalized spacial score (nSPS) is 31.5. The maximum Gasteiger partial charge on any atom is 0.161 e. The summed E-state index contributed by atoms with van der Waals surface area (Å²) in [6.07, 6.45) is 0. The van der Waals surface area contributed by atoms with E-state index in [1.165, 1.54) is 0 Å². The van der Waals surface area contributed by atoms with Crippen molar-refractivity contribution in [3.63, 3.8) is 0 Å². The van der Waals surface area contributed by atoms with Gasteiger partial charge in [-0.1, -0.05) is 6.07 Å². The molecule has 1 saturated heterocycles. The molecule has 17 heavy (non-hydrogen) atoms. The molecule has 1 aromatic rings. The Balaban J connectivity index is 1.88. The molecule has 1 fully saturated rings. The Morgan fingerprint density at radius 2 is 1.94 bits per heavy atom. The number of nitrogens with one attached hydrogen (secondary N) is 2. The average molecular weight is 235 g/mol. The van der Waals surface area contributed by atoms with Crippen LogP contribution in [0.2, 0.25) is 0 Å². The van der Waals surface area contributed by atoms with Crippen LogP contribution in [0.5, 0.6) is 11.5 Å². The lowest BCUT2D eigenvalue weighted by molar-refractivity contribution is 0.171. The van der Waals surface area contributed by atoms with Gasteiger partial charge in [-0.15, -0.1) is 0 Å². The lowest BCUT2D eigenvalue weighted by Gasteiger charge is -2.22. The Kier molecular flexibility index (Phi) is 2.66. The number of fused-ring (bicyclic) bond motifs is 1. The summed E-state index contributed by atoms with van der Waals surface area (Å²) in [5.74, 6) is 1.62. The molecule has 0 saturated carbocycles. The summed E-state index contributed by atoms with van der Waals surface area (Å²) >= 11 is 0. The van der Waals surface area contributed by atoms with Gasteiger partial charge in [0.15, 0.2) is 11.5 Å². The predicted octanol–water partition coefficient (Wildman–Crippen LogP) is 0.322. The molecule has 0 amide bonds. The van der Waals surface area contributed by atoms with E-state index < -0.39 is 0 Å². The van der Waals surface area contributed by atoms with Crippen LogP contribution in [-0.4, -0.2) is 25.3 Å². The summed E-state index contributed by atoms with van der Waals surface area (Å²) in [7, 11) is 0. The molecule has 92 valence electrons. The number of hydrogen-bond donors (Lipinski definition) is 3. The summed E-state index contributed by atoms with van der Waals surface area (Å²) in [4.78, 5) is 0. The highest BCUT2D eigenvalue weighted by atomic mass is 16.6. The molecule has 5 heteroatoms. The molecule has 2 aliphatic heterocycles. The first-order valence-electron chi connectivity index (χ1n) is 5.92. The van der Waals surface area contributed by atoms with Crippen molar-refractivity contribution in [2.75, 3.05) is 13.2 Å². The quantitative estimate of drug-likeness (QED) is 0.654. The molecule has 5 nitrogen and oxygen atoms in total. The van der Waals surface area contributed by atoms with Gasteiger partial charge in [0.2, 0.25) is 0 Å². The Hall–Kier alpha value is -1.30. The maximum absolute atomic E-state index is 6.13. The molecule has 2 heterocycles. The topological polar surface area (TPSA) is 68.5 Å². The minimum Gasteiger partial charge on any atom is -0.486 e. The highest BCUT2D eigenvalue weighted by Crippen LogP contribution is 2.34. The minimum atomic E-state index is 0.0533. The number of benzene rings is 1. The van der Waals surface area contributed by atoms with Crippen molar-refractivity contribution in [3.05, 3.63) is 23.8 Å². The van der Waals surface area contributed by atoms with Crippen LogP contribution < -0.4 is 26.1 Å². The molecule has 4 N–H and O–H groups in total. The molecule has 0 aromatic heterocycles. The van der Waals surface area contributed by atoms with Gasteiger partial charge in [-0.3, -0.25) is 5.43 Å². The second-order valence-electron chi connectivity index (χ2n) is 4.54. The van der Waals surface area contributed by atoms with Crippen molar-refractivity contribution < 1.29 is 9.47 Å². The van der Waals surface area contributed by atoms with E-state index in [2.05, 4.69) is 17.8 Å². The molecular weight excluding hydrogens is 218 g/mol. The zero-order chi connectivity index (χ0) is 11.8. The van der Waals surface area contributed by atoms with Crippen LogP contribution in [0.15, 0.2) is 18.2 Å². The molecule has 3 unspecified atom stereocenters. The Bertz CT molecular complexity index is 424. The van der Waals surface area contributed by atoms with Crippen molar-refractivity contribution in [1.82, 2.24) is 10.9 Å². The van der Waals surface area contributed by atoms with Crippen LogP contribution >= 0.6 is 0 Å². The summed E-state index contributed by atoms with van der Waals surface area (Å²) in [5.41, 5.74) is 13.6. The van der Waals surface area contributed by atoms with Gasteiger partial charge in [0.25, 0.3) is 0 Å². The van der Waals surface area contributed by atoms with Crippen LogP contribution in [0.4, 0.5) is 0 Å². The van der Waals surface area contributed by atoms with Crippen molar-refractivity contribution in [1.29, 1.82) is 0 Å². The zero-order valence-corrected chi connectivity index (χ0v) is 9.77. The number of nitrogens with two attached hydrogens (primary N) is 1. The van der Waals surface area contributed by atoms with Gasteiger partial charge in [0.1, 0.15) is 13.2 Å². The predicted molar refractivity (Wildman–Crippen MR) is 63.9 cm³/mol. The van der Waals surface area contributed by atoms with E-state index in [1.54, 1.807) is 0 Å². The number of hydrogen-bond acceptors (Lipinski definition) is 5. The molecule has 3 rings (SSSR count). The van der Waals surface area contributed by atoms with E-state index in [4.69, 9.17) is 15.2 Å². The fraction of sp³-hybridized carbons (Fsp3) is 0.500. The summed E-state index contributed by atoms with van der Waals surface area (Å²) in [6.45, 7) is 3.29. The van der Waals surface area contributed by atoms with Crippen LogP contribution in [0, 0.1) is 0 Å². The molecule has 3 atom stereocenters. The van der Waals surface area contributed by atoms with Gasteiger partial charge in [-0.2, -0.15) is 0 Å². The number of rotatable bonds is 1. The van der Waals surface area contributed by atoms with Gasteiger partial charge in [0.05, 0.1) is 6.04 Å². The highest BCUT2D eigenvalue weighted by Gasteiger charge is 2.31. The number of ether oxygens (including phenoxy) is 2. The van der Waals surface area contributed by atoms with Crippen LogP contribution in [-0.2, 0) is 0 Å². The lowest BCUT2D eigenvalue weighted by atomic mass is 9.98. The largest absolute Gasteiger partial charge is 0.486 e. The standard InChI is InChI=1S/C12H17N3O2/c1-7-11(13)12(15-14-7)8-2-3-9-10(6-8)17-5-4-16-9/h2-3,6-7,11-12,14-15H,4-5,13H2,1H3. The molecular formula is C12H17N3O2. The Morgan fingerprint density at radius 1 is 1.18 bits per heavy atom. The Labute approximate surface area is 100 Å². The second-order valence-corrected chi connectivity index (χ2v) is 4.54. The van der Waals surface area contributed by atoms with E-state index in [9.17, 15) is 0 Å². The van der Waals surface area contributed by atoms with E-state index >= 15 is 0 Å².